The number of rotatable bonds is 7. The van der Waals surface area contributed by atoms with Gasteiger partial charge >= 0.3 is 0 Å². The number of Topliss-reactive ketones (excluding diaryl/α,β-unsaturated/α-hetero) is 1. The van der Waals surface area contributed by atoms with Crippen LogP contribution in [0.1, 0.15) is 42.2 Å². The fourth-order valence-electron chi connectivity index (χ4n) is 3.24. The summed E-state index contributed by atoms with van der Waals surface area (Å²) in [5.74, 6) is 0.948. The van der Waals surface area contributed by atoms with E-state index in [0.29, 0.717) is 33.1 Å². The highest BCUT2D eigenvalue weighted by Gasteiger charge is 2.22. The number of aromatic nitrogens is 2. The average molecular weight is 468 g/mol. The lowest BCUT2D eigenvalue weighted by Crippen LogP contribution is -2.23. The van der Waals surface area contributed by atoms with Gasteiger partial charge in [0.05, 0.1) is 22.1 Å². The molecule has 0 saturated carbocycles. The van der Waals surface area contributed by atoms with Gasteiger partial charge in [-0.05, 0) is 57.2 Å². The third-order valence-electron chi connectivity index (χ3n) is 4.97. The first kappa shape index (κ1) is 22.0. The molecule has 9 heteroatoms. The lowest BCUT2D eigenvalue weighted by molar-refractivity contribution is -0.115. The van der Waals surface area contributed by atoms with Gasteiger partial charge in [-0.2, -0.15) is 0 Å². The number of carbonyl (C=O) groups excluding carboxylic acids is 2. The molecule has 0 radical (unpaired) electrons. The number of carbonyl (C=O) groups is 2. The molecule has 0 bridgehead atoms. The van der Waals surface area contributed by atoms with Gasteiger partial charge in [0.25, 0.3) is 5.56 Å². The van der Waals surface area contributed by atoms with Crippen molar-refractivity contribution in [2.24, 2.45) is 0 Å². The van der Waals surface area contributed by atoms with E-state index in [1.54, 1.807) is 49.6 Å². The van der Waals surface area contributed by atoms with Gasteiger partial charge in [0, 0.05) is 22.2 Å². The highest BCUT2D eigenvalue weighted by molar-refractivity contribution is 8.00. The van der Waals surface area contributed by atoms with Crippen LogP contribution in [0.4, 0.5) is 5.69 Å². The van der Waals surface area contributed by atoms with E-state index in [9.17, 15) is 14.4 Å². The first-order chi connectivity index (χ1) is 15.3. The van der Waals surface area contributed by atoms with Gasteiger partial charge in [-0.25, -0.2) is 4.98 Å². The number of nitrogens with one attached hydrogen (secondary N) is 2. The van der Waals surface area contributed by atoms with Crippen LogP contribution in [0.3, 0.4) is 0 Å². The minimum atomic E-state index is -0.388. The van der Waals surface area contributed by atoms with Crippen molar-refractivity contribution < 1.29 is 14.0 Å². The normalized spacial score (nSPS) is 13.1. The molecule has 0 spiro atoms. The van der Waals surface area contributed by atoms with E-state index in [4.69, 9.17) is 4.42 Å². The van der Waals surface area contributed by atoms with Crippen molar-refractivity contribution in [2.75, 3.05) is 5.32 Å². The number of benzene rings is 1. The molecule has 4 rings (SSSR count). The Kier molecular flexibility index (Phi) is 6.29. The second-order valence-corrected chi connectivity index (χ2v) is 9.85. The molecular weight excluding hydrogens is 446 g/mol. The fraction of sp³-hybridized carbons (Fsp3) is 0.217. The van der Waals surface area contributed by atoms with Crippen molar-refractivity contribution in [1.82, 2.24) is 9.97 Å². The zero-order valence-corrected chi connectivity index (χ0v) is 19.3. The van der Waals surface area contributed by atoms with Crippen molar-refractivity contribution in [3.05, 3.63) is 69.8 Å². The molecule has 3 heterocycles. The van der Waals surface area contributed by atoms with Crippen LogP contribution in [0.15, 0.2) is 57.3 Å². The molecule has 164 valence electrons. The quantitative estimate of drug-likeness (QED) is 0.359. The van der Waals surface area contributed by atoms with Crippen LogP contribution in [0.2, 0.25) is 0 Å². The van der Waals surface area contributed by atoms with Crippen molar-refractivity contribution in [1.29, 1.82) is 0 Å². The van der Waals surface area contributed by atoms with Crippen molar-refractivity contribution in [3.63, 3.8) is 0 Å². The van der Waals surface area contributed by atoms with Gasteiger partial charge in [-0.1, -0.05) is 0 Å². The summed E-state index contributed by atoms with van der Waals surface area (Å²) < 4.78 is 5.43. The zero-order valence-electron chi connectivity index (χ0n) is 17.7. The third kappa shape index (κ3) is 4.53. The van der Waals surface area contributed by atoms with E-state index >= 15 is 0 Å². The number of thiophene rings is 1. The van der Waals surface area contributed by atoms with Gasteiger partial charge in [0.15, 0.2) is 5.78 Å². The number of hydrogen-bond acceptors (Lipinski definition) is 7. The van der Waals surface area contributed by atoms with E-state index in [-0.39, 0.29) is 27.7 Å². The molecule has 1 aromatic carbocycles. The van der Waals surface area contributed by atoms with Gasteiger partial charge < -0.3 is 14.7 Å². The molecule has 3 aromatic heterocycles. The Morgan fingerprint density at radius 3 is 2.59 bits per heavy atom. The maximum atomic E-state index is 12.8. The van der Waals surface area contributed by atoms with Gasteiger partial charge in [0.1, 0.15) is 16.4 Å². The van der Waals surface area contributed by atoms with Gasteiger partial charge in [0.2, 0.25) is 5.91 Å². The van der Waals surface area contributed by atoms with E-state index in [1.165, 1.54) is 30.0 Å². The number of aromatic amines is 1. The Hall–Kier alpha value is -3.17. The lowest BCUT2D eigenvalue weighted by atomic mass is 10.1. The second kappa shape index (κ2) is 9.13. The second-order valence-electron chi connectivity index (χ2n) is 7.30. The minimum Gasteiger partial charge on any atom is -0.464 e. The highest BCUT2D eigenvalue weighted by atomic mass is 32.2. The summed E-state index contributed by atoms with van der Waals surface area (Å²) in [7, 11) is 0. The van der Waals surface area contributed by atoms with E-state index < -0.39 is 0 Å². The Morgan fingerprint density at radius 1 is 1.19 bits per heavy atom. The van der Waals surface area contributed by atoms with E-state index in [1.807, 2.05) is 12.3 Å². The number of thioether (sulfide) groups is 1. The van der Waals surface area contributed by atoms with Crippen molar-refractivity contribution in [3.8, 4) is 11.3 Å². The summed E-state index contributed by atoms with van der Waals surface area (Å²) in [5, 5.41) is 4.63. The third-order valence-corrected chi connectivity index (χ3v) is 7.10. The highest BCUT2D eigenvalue weighted by Crippen LogP contribution is 2.34. The molecule has 0 saturated heterocycles. The maximum absolute atomic E-state index is 12.8. The summed E-state index contributed by atoms with van der Waals surface area (Å²) >= 11 is 2.78. The molecule has 7 nitrogen and oxygen atoms in total. The molecular formula is C23H21N3O4S2. The minimum absolute atomic E-state index is 0.0268. The first-order valence-electron chi connectivity index (χ1n) is 9.96. The van der Waals surface area contributed by atoms with E-state index in [2.05, 4.69) is 15.3 Å². The summed E-state index contributed by atoms with van der Waals surface area (Å²) in [6.07, 6.45) is 1.57. The van der Waals surface area contributed by atoms with Gasteiger partial charge in [-0.15, -0.1) is 23.1 Å². The summed E-state index contributed by atoms with van der Waals surface area (Å²) in [4.78, 5) is 44.9. The molecule has 2 unspecified atom stereocenters. The maximum Gasteiger partial charge on any atom is 0.260 e. The Bertz CT molecular complexity index is 1320. The SMILES string of the molecule is CC(=O)c1ccc(NC(=O)C(C)SC(C)c2nc3scc(-c4ccco4)c3c(=O)[nH]2)cc1. The number of nitrogens with zero attached hydrogens (tertiary/aromatic N) is 1. The Morgan fingerprint density at radius 2 is 1.94 bits per heavy atom. The topological polar surface area (TPSA) is 105 Å². The number of anilines is 1. The Labute approximate surface area is 192 Å². The lowest BCUT2D eigenvalue weighted by Gasteiger charge is -2.16. The van der Waals surface area contributed by atoms with Crippen LogP contribution < -0.4 is 10.9 Å². The van der Waals surface area contributed by atoms with Crippen molar-refractivity contribution >= 4 is 50.7 Å². The molecule has 0 fully saturated rings. The molecule has 0 aliphatic rings. The number of ketones is 1. The van der Waals surface area contributed by atoms with Crippen LogP contribution in [-0.2, 0) is 4.79 Å². The molecule has 2 atom stereocenters. The smallest absolute Gasteiger partial charge is 0.260 e. The van der Waals surface area contributed by atoms with Crippen LogP contribution >= 0.6 is 23.1 Å². The molecule has 1 amide bonds. The number of fused-ring (bicyclic) bond motifs is 1. The number of furan rings is 1. The predicted octanol–water partition coefficient (Wildman–Crippen LogP) is 5.27. The number of H-pyrrole nitrogens is 1. The fourth-order valence-corrected chi connectivity index (χ4v) is 5.21. The van der Waals surface area contributed by atoms with Crippen LogP contribution in [0.25, 0.3) is 21.5 Å². The van der Waals surface area contributed by atoms with Crippen molar-refractivity contribution in [2.45, 2.75) is 31.3 Å². The number of amides is 1. The van der Waals surface area contributed by atoms with Crippen LogP contribution in [-0.4, -0.2) is 26.9 Å². The first-order valence-corrected chi connectivity index (χ1v) is 11.8. The standard InChI is InChI=1S/C23H21N3O4S2/c1-12(27)15-6-8-16(9-7-15)24-21(28)14(3)32-13(2)20-25-22(29)19-17(11-31-23(19)26-20)18-5-4-10-30-18/h4-11,13-14H,1-3H3,(H,24,28)(H,25,26,29). The molecule has 2 N–H and O–H groups in total. The Balaban J connectivity index is 1.47. The molecule has 32 heavy (non-hydrogen) atoms. The monoisotopic (exact) mass is 467 g/mol. The van der Waals surface area contributed by atoms with Crippen LogP contribution in [0, 0.1) is 0 Å². The summed E-state index contributed by atoms with van der Waals surface area (Å²) in [6.45, 7) is 5.20. The summed E-state index contributed by atoms with van der Waals surface area (Å²) in [6, 6.07) is 10.4. The molecule has 0 aliphatic carbocycles. The molecule has 0 aliphatic heterocycles. The molecule has 4 aromatic rings. The zero-order chi connectivity index (χ0) is 22.8. The largest absolute Gasteiger partial charge is 0.464 e. The number of hydrogen-bond donors (Lipinski definition) is 2. The van der Waals surface area contributed by atoms with E-state index in [0.717, 1.165) is 5.56 Å². The van der Waals surface area contributed by atoms with Crippen LogP contribution in [0.5, 0.6) is 0 Å². The predicted molar refractivity (Wildman–Crippen MR) is 128 cm³/mol. The summed E-state index contributed by atoms with van der Waals surface area (Å²) in [5.41, 5.74) is 1.71. The van der Waals surface area contributed by atoms with Gasteiger partial charge in [-0.3, -0.25) is 14.4 Å². The average Bonchev–Trinajstić information content (AvgIpc) is 3.43.